The van der Waals surface area contributed by atoms with Crippen LogP contribution in [0.1, 0.15) is 297 Å². The molecule has 0 radical (unpaired) electrons. The van der Waals surface area contributed by atoms with Gasteiger partial charge in [-0.25, -0.2) is 0 Å². The Kier molecular flexibility index (Phi) is 52.8. The minimum absolute atomic E-state index is 0.0785. The number of ether oxygens (including phenoxy) is 3. The van der Waals surface area contributed by atoms with Crippen LogP contribution in [0.2, 0.25) is 0 Å². The molecule has 0 aromatic rings. The summed E-state index contributed by atoms with van der Waals surface area (Å²) in [7, 11) is 0. The summed E-state index contributed by atoms with van der Waals surface area (Å²) in [5, 5.41) is 0. The first-order valence-electron chi connectivity index (χ1n) is 28.6. The molecular formula is C60H108O6. The fourth-order valence-corrected chi connectivity index (χ4v) is 8.28. The molecule has 6 heteroatoms. The second-order valence-electron chi connectivity index (χ2n) is 19.2. The minimum atomic E-state index is -0.781. The molecule has 0 aliphatic rings. The summed E-state index contributed by atoms with van der Waals surface area (Å²) >= 11 is 0. The minimum Gasteiger partial charge on any atom is -0.462 e. The van der Waals surface area contributed by atoms with Gasteiger partial charge in [0.05, 0.1) is 0 Å². The summed E-state index contributed by atoms with van der Waals surface area (Å²) in [6.07, 6.45) is 66.7. The van der Waals surface area contributed by atoms with Crippen LogP contribution < -0.4 is 0 Å². The Balaban J connectivity index is 4.36. The maximum Gasteiger partial charge on any atom is 0.306 e. The van der Waals surface area contributed by atoms with E-state index in [1.807, 2.05) is 0 Å². The topological polar surface area (TPSA) is 78.9 Å². The number of hydrogen-bond acceptors (Lipinski definition) is 6. The lowest BCUT2D eigenvalue weighted by Gasteiger charge is -2.18. The zero-order valence-corrected chi connectivity index (χ0v) is 44.0. The van der Waals surface area contributed by atoms with Crippen LogP contribution >= 0.6 is 0 Å². The van der Waals surface area contributed by atoms with Crippen molar-refractivity contribution in [3.8, 4) is 0 Å². The molecule has 0 bridgehead atoms. The van der Waals surface area contributed by atoms with Crippen LogP contribution in [0.4, 0.5) is 0 Å². The fourth-order valence-electron chi connectivity index (χ4n) is 8.28. The van der Waals surface area contributed by atoms with E-state index in [-0.39, 0.29) is 31.1 Å². The molecule has 0 N–H and O–H groups in total. The van der Waals surface area contributed by atoms with Gasteiger partial charge in [-0.1, -0.05) is 249 Å². The molecular weight excluding hydrogens is 817 g/mol. The molecule has 0 heterocycles. The second-order valence-corrected chi connectivity index (χ2v) is 19.2. The quantitative estimate of drug-likeness (QED) is 0.0262. The first-order chi connectivity index (χ1) is 32.5. The van der Waals surface area contributed by atoms with Crippen molar-refractivity contribution >= 4 is 17.9 Å². The summed E-state index contributed by atoms with van der Waals surface area (Å²) in [5.41, 5.74) is 0. The van der Waals surface area contributed by atoms with Gasteiger partial charge in [0.2, 0.25) is 0 Å². The average molecular weight is 926 g/mol. The Morgan fingerprint density at radius 2 is 0.591 bits per heavy atom. The van der Waals surface area contributed by atoms with E-state index in [4.69, 9.17) is 14.2 Å². The van der Waals surface area contributed by atoms with Crippen molar-refractivity contribution in [2.75, 3.05) is 13.2 Å². The highest BCUT2D eigenvalue weighted by Crippen LogP contribution is 2.16. The summed E-state index contributed by atoms with van der Waals surface area (Å²) in [6.45, 7) is 6.53. The molecule has 0 unspecified atom stereocenters. The maximum absolute atomic E-state index is 12.8. The fraction of sp³-hybridized carbons (Fsp3) is 0.817. The number of carbonyl (C=O) groups excluding carboxylic acids is 3. The van der Waals surface area contributed by atoms with Crippen molar-refractivity contribution < 1.29 is 28.6 Å². The summed E-state index contributed by atoms with van der Waals surface area (Å²) in [6, 6.07) is 0. The number of esters is 3. The van der Waals surface area contributed by atoms with Gasteiger partial charge >= 0.3 is 17.9 Å². The molecule has 0 saturated carbocycles. The molecule has 0 saturated heterocycles. The molecule has 0 aromatic carbocycles. The van der Waals surface area contributed by atoms with Crippen LogP contribution in [0.3, 0.4) is 0 Å². The Labute approximate surface area is 409 Å². The van der Waals surface area contributed by atoms with Gasteiger partial charge in [-0.15, -0.1) is 0 Å². The third-order valence-corrected chi connectivity index (χ3v) is 12.6. The molecule has 0 spiro atoms. The number of carbonyl (C=O) groups is 3. The molecule has 6 nitrogen and oxygen atoms in total. The first-order valence-corrected chi connectivity index (χ1v) is 28.6. The normalized spacial score (nSPS) is 12.3. The van der Waals surface area contributed by atoms with E-state index < -0.39 is 6.10 Å². The van der Waals surface area contributed by atoms with Crippen LogP contribution in [0, 0.1) is 0 Å². The van der Waals surface area contributed by atoms with Crippen molar-refractivity contribution in [1.82, 2.24) is 0 Å². The van der Waals surface area contributed by atoms with Gasteiger partial charge in [0.15, 0.2) is 6.10 Å². The van der Waals surface area contributed by atoms with Gasteiger partial charge in [0, 0.05) is 19.3 Å². The number of rotatable bonds is 52. The molecule has 0 aliphatic heterocycles. The second kappa shape index (κ2) is 55.0. The lowest BCUT2D eigenvalue weighted by molar-refractivity contribution is -0.167. The molecule has 0 fully saturated rings. The molecule has 0 aliphatic carbocycles. The van der Waals surface area contributed by atoms with Gasteiger partial charge in [-0.2, -0.15) is 0 Å². The van der Waals surface area contributed by atoms with E-state index in [9.17, 15) is 14.4 Å². The first kappa shape index (κ1) is 63.4. The molecule has 0 aromatic heterocycles. The van der Waals surface area contributed by atoms with Crippen molar-refractivity contribution in [1.29, 1.82) is 0 Å². The highest BCUT2D eigenvalue weighted by molar-refractivity contribution is 5.71. The predicted molar refractivity (Wildman–Crippen MR) is 284 cm³/mol. The highest BCUT2D eigenvalue weighted by atomic mass is 16.6. The third-order valence-electron chi connectivity index (χ3n) is 12.6. The maximum atomic E-state index is 12.8. The van der Waals surface area contributed by atoms with E-state index in [2.05, 4.69) is 69.4 Å². The summed E-state index contributed by atoms with van der Waals surface area (Å²) < 4.78 is 16.9. The third kappa shape index (κ3) is 52.3. The monoisotopic (exact) mass is 925 g/mol. The zero-order chi connectivity index (χ0) is 47.9. The number of unbranched alkanes of at least 4 members (excludes halogenated alkanes) is 33. The van der Waals surface area contributed by atoms with E-state index in [1.54, 1.807) is 0 Å². The van der Waals surface area contributed by atoms with Crippen LogP contribution in [0.5, 0.6) is 0 Å². The summed E-state index contributed by atoms with van der Waals surface area (Å²) in [5.74, 6) is -0.886. The van der Waals surface area contributed by atoms with Crippen LogP contribution in [0.15, 0.2) is 48.6 Å². The van der Waals surface area contributed by atoms with Crippen LogP contribution in [-0.4, -0.2) is 37.2 Å². The SMILES string of the molecule is CC/C=C/C/C=C/C/C=C/CCCCCCCC(=O)O[C@H](COC(=O)CCCCCCCCC/C=C/CCCCCC)COC(=O)CCCCCCCCCCCCCCCCCCCC. The van der Waals surface area contributed by atoms with Crippen molar-refractivity contribution in [3.05, 3.63) is 48.6 Å². The van der Waals surface area contributed by atoms with Gasteiger partial charge in [0.25, 0.3) is 0 Å². The van der Waals surface area contributed by atoms with E-state index >= 15 is 0 Å². The predicted octanol–water partition coefficient (Wildman–Crippen LogP) is 19.0. The zero-order valence-electron chi connectivity index (χ0n) is 44.0. The number of hydrogen-bond donors (Lipinski definition) is 0. The van der Waals surface area contributed by atoms with Crippen molar-refractivity contribution in [3.63, 3.8) is 0 Å². The largest absolute Gasteiger partial charge is 0.462 e. The Hall–Kier alpha value is -2.63. The smallest absolute Gasteiger partial charge is 0.306 e. The number of allylic oxidation sites excluding steroid dienone is 8. The molecule has 0 amide bonds. The van der Waals surface area contributed by atoms with Gasteiger partial charge in [-0.05, 0) is 77.0 Å². The standard InChI is InChI=1S/C60H108O6/c1-4-7-10-13-16-19-22-25-28-29-30-33-35-38-41-44-47-50-53-59(62)65-56-57(66-60(63)54-51-48-45-42-39-36-32-27-24-21-18-15-12-9-6-3)55-64-58(61)52-49-46-43-40-37-34-31-26-23-20-17-14-11-8-5-2/h9,12,18,20-21,23,27,32,57H,4-8,10-11,13-17,19,22,24-26,28-31,33-56H2,1-3H3/b12-9+,21-18+,23-20+,32-27+/t57-/m1/s1. The van der Waals surface area contributed by atoms with E-state index in [1.165, 1.54) is 161 Å². The van der Waals surface area contributed by atoms with Crippen molar-refractivity contribution in [2.24, 2.45) is 0 Å². The lowest BCUT2D eigenvalue weighted by Crippen LogP contribution is -2.30. The van der Waals surface area contributed by atoms with Gasteiger partial charge in [0.1, 0.15) is 13.2 Å². The summed E-state index contributed by atoms with van der Waals surface area (Å²) in [4.78, 5) is 38.1. The molecule has 384 valence electrons. The molecule has 0 rings (SSSR count). The van der Waals surface area contributed by atoms with Gasteiger partial charge in [-0.3, -0.25) is 14.4 Å². The van der Waals surface area contributed by atoms with Crippen LogP contribution in [-0.2, 0) is 28.6 Å². The van der Waals surface area contributed by atoms with E-state index in [0.29, 0.717) is 19.3 Å². The highest BCUT2D eigenvalue weighted by Gasteiger charge is 2.19. The van der Waals surface area contributed by atoms with E-state index in [0.717, 1.165) is 96.3 Å². The van der Waals surface area contributed by atoms with Crippen LogP contribution in [0.25, 0.3) is 0 Å². The Morgan fingerprint density at radius 3 is 0.955 bits per heavy atom. The molecule has 66 heavy (non-hydrogen) atoms. The van der Waals surface area contributed by atoms with Gasteiger partial charge < -0.3 is 14.2 Å². The average Bonchev–Trinajstić information content (AvgIpc) is 3.31. The lowest BCUT2D eigenvalue weighted by atomic mass is 10.0. The Bertz CT molecular complexity index is 1150. The Morgan fingerprint density at radius 1 is 0.318 bits per heavy atom. The molecule has 1 atom stereocenters. The van der Waals surface area contributed by atoms with Crippen molar-refractivity contribution in [2.45, 2.75) is 303 Å².